The van der Waals surface area contributed by atoms with Crippen molar-refractivity contribution in [2.75, 3.05) is 6.54 Å². The lowest BCUT2D eigenvalue weighted by Gasteiger charge is -2.27. The molecule has 1 fully saturated rings. The van der Waals surface area contributed by atoms with E-state index in [0.29, 0.717) is 11.4 Å². The molecule has 3 rings (SSSR count). The van der Waals surface area contributed by atoms with Crippen molar-refractivity contribution < 1.29 is 8.42 Å². The number of aromatic nitrogens is 1. The van der Waals surface area contributed by atoms with Crippen LogP contribution in [0.15, 0.2) is 29.4 Å². The summed E-state index contributed by atoms with van der Waals surface area (Å²) in [6.07, 6.45) is 5.20. The monoisotopic (exact) mass is 358 g/mol. The molecule has 25 heavy (non-hydrogen) atoms. The third-order valence-corrected chi connectivity index (χ3v) is 7.98. The fourth-order valence-electron chi connectivity index (χ4n) is 3.92. The molecule has 0 amide bonds. The van der Waals surface area contributed by atoms with Gasteiger partial charge in [0, 0.05) is 18.9 Å². The van der Waals surface area contributed by atoms with Crippen LogP contribution in [0.2, 0.25) is 0 Å². The van der Waals surface area contributed by atoms with Gasteiger partial charge >= 0.3 is 0 Å². The summed E-state index contributed by atoms with van der Waals surface area (Å²) in [6, 6.07) is 3.74. The first kappa shape index (κ1) is 18.1. The number of hydrogen-bond acceptors (Lipinski definition) is 3. The van der Waals surface area contributed by atoms with Gasteiger partial charge in [-0.3, -0.25) is 4.98 Å². The molecule has 4 nitrogen and oxygen atoms in total. The summed E-state index contributed by atoms with van der Waals surface area (Å²) in [5, 5.41) is 0. The average Bonchev–Trinajstić information content (AvgIpc) is 3.09. The summed E-state index contributed by atoms with van der Waals surface area (Å²) in [6.45, 7) is 10.5. The van der Waals surface area contributed by atoms with Gasteiger partial charge < -0.3 is 0 Å². The van der Waals surface area contributed by atoms with Crippen molar-refractivity contribution in [2.45, 2.75) is 58.4 Å². The molecule has 2 aromatic rings. The van der Waals surface area contributed by atoms with E-state index in [1.54, 1.807) is 16.7 Å². The largest absolute Gasteiger partial charge is 0.265 e. The minimum Gasteiger partial charge on any atom is -0.265 e. The molecule has 0 radical (unpaired) electrons. The van der Waals surface area contributed by atoms with Crippen LogP contribution < -0.4 is 0 Å². The van der Waals surface area contributed by atoms with E-state index < -0.39 is 10.0 Å². The Bertz CT molecular complexity index is 876. The van der Waals surface area contributed by atoms with Crippen LogP contribution in [0.4, 0.5) is 0 Å². The Morgan fingerprint density at radius 1 is 0.920 bits per heavy atom. The summed E-state index contributed by atoms with van der Waals surface area (Å²) < 4.78 is 28.9. The molecule has 1 saturated heterocycles. The van der Waals surface area contributed by atoms with Gasteiger partial charge in [0.2, 0.25) is 10.0 Å². The van der Waals surface area contributed by atoms with Crippen LogP contribution in [0.3, 0.4) is 0 Å². The maximum absolute atomic E-state index is 13.6. The zero-order chi connectivity index (χ0) is 18.4. The second-order valence-electron chi connectivity index (χ2n) is 7.01. The van der Waals surface area contributed by atoms with Crippen molar-refractivity contribution in [1.82, 2.24) is 9.29 Å². The molecule has 0 N–H and O–H groups in total. The van der Waals surface area contributed by atoms with Gasteiger partial charge in [0.25, 0.3) is 0 Å². The zero-order valence-corrected chi connectivity index (χ0v) is 16.4. The third kappa shape index (κ3) is 2.89. The van der Waals surface area contributed by atoms with E-state index in [0.717, 1.165) is 40.7 Å². The summed E-state index contributed by atoms with van der Waals surface area (Å²) in [7, 11) is -3.55. The van der Waals surface area contributed by atoms with Crippen molar-refractivity contribution in [1.29, 1.82) is 0 Å². The Hall–Kier alpha value is -1.72. The topological polar surface area (TPSA) is 50.3 Å². The molecule has 1 atom stereocenters. The lowest BCUT2D eigenvalue weighted by molar-refractivity contribution is 0.396. The Morgan fingerprint density at radius 2 is 1.44 bits per heavy atom. The Balaban J connectivity index is 2.14. The molecule has 0 unspecified atom stereocenters. The third-order valence-electron chi connectivity index (χ3n) is 5.79. The van der Waals surface area contributed by atoms with E-state index in [1.165, 1.54) is 5.56 Å². The van der Waals surface area contributed by atoms with Gasteiger partial charge in [-0.05, 0) is 93.0 Å². The van der Waals surface area contributed by atoms with Gasteiger partial charge in [-0.2, -0.15) is 4.31 Å². The minimum absolute atomic E-state index is 0.103. The first-order valence-electron chi connectivity index (χ1n) is 8.75. The highest BCUT2D eigenvalue weighted by Gasteiger charge is 2.38. The van der Waals surface area contributed by atoms with Crippen molar-refractivity contribution in [2.24, 2.45) is 0 Å². The maximum atomic E-state index is 13.6. The second kappa shape index (κ2) is 6.54. The van der Waals surface area contributed by atoms with Crippen molar-refractivity contribution in [3.8, 4) is 0 Å². The number of nitrogens with zero attached hydrogens (tertiary/aromatic N) is 2. The fourth-order valence-corrected chi connectivity index (χ4v) is 6.16. The quantitative estimate of drug-likeness (QED) is 0.828. The van der Waals surface area contributed by atoms with Gasteiger partial charge in [-0.15, -0.1) is 0 Å². The summed E-state index contributed by atoms with van der Waals surface area (Å²) >= 11 is 0. The first-order valence-corrected chi connectivity index (χ1v) is 10.2. The molecule has 0 spiro atoms. The van der Waals surface area contributed by atoms with Gasteiger partial charge in [-0.1, -0.05) is 0 Å². The molecule has 1 aromatic carbocycles. The Labute approximate surface area is 151 Å². The SMILES string of the molecule is Cc1c(C)c(C)c(S(=O)(=O)N2CCC[C@@H]2c2ccncc2)c(C)c1C. The van der Waals surface area contributed by atoms with Gasteiger partial charge in [0.05, 0.1) is 10.9 Å². The summed E-state index contributed by atoms with van der Waals surface area (Å²) in [5.74, 6) is 0. The fraction of sp³-hybridized carbons (Fsp3) is 0.450. The Kier molecular flexibility index (Phi) is 4.73. The normalized spacial score (nSPS) is 18.7. The van der Waals surface area contributed by atoms with Gasteiger partial charge in [0.1, 0.15) is 0 Å². The molecule has 134 valence electrons. The number of hydrogen-bond donors (Lipinski definition) is 0. The number of sulfonamides is 1. The number of benzene rings is 1. The number of pyridine rings is 1. The van der Waals surface area contributed by atoms with Crippen LogP contribution in [0.1, 0.15) is 52.3 Å². The average molecular weight is 359 g/mol. The van der Waals surface area contributed by atoms with Crippen LogP contribution in [0.5, 0.6) is 0 Å². The Morgan fingerprint density at radius 3 is 2.00 bits per heavy atom. The zero-order valence-electron chi connectivity index (χ0n) is 15.6. The van der Waals surface area contributed by atoms with Crippen LogP contribution in [0, 0.1) is 34.6 Å². The van der Waals surface area contributed by atoms with Crippen LogP contribution >= 0.6 is 0 Å². The van der Waals surface area contributed by atoms with Crippen LogP contribution in [0.25, 0.3) is 0 Å². The van der Waals surface area contributed by atoms with E-state index in [4.69, 9.17) is 0 Å². The smallest absolute Gasteiger partial charge is 0.244 e. The van der Waals surface area contributed by atoms with Gasteiger partial charge in [0.15, 0.2) is 0 Å². The van der Waals surface area contributed by atoms with E-state index in [1.807, 2.05) is 39.8 Å². The highest BCUT2D eigenvalue weighted by Crippen LogP contribution is 2.39. The summed E-state index contributed by atoms with van der Waals surface area (Å²) in [4.78, 5) is 4.55. The lowest BCUT2D eigenvalue weighted by Crippen LogP contribution is -2.32. The maximum Gasteiger partial charge on any atom is 0.244 e. The molecule has 1 aliphatic rings. The van der Waals surface area contributed by atoms with Crippen molar-refractivity contribution >= 4 is 10.0 Å². The molecule has 0 saturated carbocycles. The standard InChI is InChI=1S/C20H26N2O2S/c1-13-14(2)16(4)20(17(5)15(13)3)25(23,24)22-12-6-7-19(22)18-8-10-21-11-9-18/h8-11,19H,6-7,12H2,1-5H3/t19-/m1/s1. The molecule has 2 heterocycles. The first-order chi connectivity index (χ1) is 11.8. The molecular formula is C20H26N2O2S. The molecule has 0 aliphatic carbocycles. The van der Waals surface area contributed by atoms with Crippen LogP contribution in [-0.4, -0.2) is 24.3 Å². The predicted molar refractivity (Wildman–Crippen MR) is 100 cm³/mol. The highest BCUT2D eigenvalue weighted by molar-refractivity contribution is 7.89. The van der Waals surface area contributed by atoms with Crippen molar-refractivity contribution in [3.05, 3.63) is 57.9 Å². The van der Waals surface area contributed by atoms with E-state index in [9.17, 15) is 8.42 Å². The number of rotatable bonds is 3. The highest BCUT2D eigenvalue weighted by atomic mass is 32.2. The predicted octanol–water partition coefficient (Wildman–Crippen LogP) is 4.15. The van der Waals surface area contributed by atoms with Gasteiger partial charge in [-0.25, -0.2) is 8.42 Å². The van der Waals surface area contributed by atoms with Crippen LogP contribution in [-0.2, 0) is 10.0 Å². The molecule has 1 aromatic heterocycles. The van der Waals surface area contributed by atoms with Crippen molar-refractivity contribution in [3.63, 3.8) is 0 Å². The molecular weight excluding hydrogens is 332 g/mol. The molecule has 0 bridgehead atoms. The second-order valence-corrected chi connectivity index (χ2v) is 8.84. The van der Waals surface area contributed by atoms with E-state index in [2.05, 4.69) is 11.9 Å². The minimum atomic E-state index is -3.55. The van der Waals surface area contributed by atoms with E-state index in [-0.39, 0.29) is 6.04 Å². The lowest BCUT2D eigenvalue weighted by atomic mass is 9.95. The summed E-state index contributed by atoms with van der Waals surface area (Å²) in [5.41, 5.74) is 6.10. The molecule has 5 heteroatoms. The van der Waals surface area contributed by atoms with E-state index >= 15 is 0 Å². The molecule has 1 aliphatic heterocycles.